The first-order chi connectivity index (χ1) is 18.0. The molecule has 0 aliphatic carbocycles. The molecule has 37 heavy (non-hydrogen) atoms. The van der Waals surface area contributed by atoms with Gasteiger partial charge in [-0.25, -0.2) is 13.4 Å². The van der Waals surface area contributed by atoms with Gasteiger partial charge in [-0.2, -0.15) is 13.9 Å². The molecule has 0 unspecified atom stereocenters. The molecule has 0 spiro atoms. The number of piperidine rings is 1. The number of aromatic nitrogens is 4. The first kappa shape index (κ1) is 23.6. The number of sulfonamides is 1. The van der Waals surface area contributed by atoms with Gasteiger partial charge in [0.2, 0.25) is 10.0 Å². The zero-order chi connectivity index (χ0) is 25.4. The van der Waals surface area contributed by atoms with Crippen LogP contribution >= 0.6 is 0 Å². The van der Waals surface area contributed by atoms with Crippen molar-refractivity contribution in [3.63, 3.8) is 0 Å². The number of rotatable bonds is 6. The minimum Gasteiger partial charge on any atom is -0.366 e. The van der Waals surface area contributed by atoms with Gasteiger partial charge in [-0.1, -0.05) is 42.5 Å². The minimum atomic E-state index is -3.59. The SMILES string of the molecule is Bc1cnn2c(NCc3cccnc3)cc(C3CCN(S(=O)(=O)c4cccc5ccccc45)CC3)nc12. The summed E-state index contributed by atoms with van der Waals surface area (Å²) >= 11 is 0. The van der Waals surface area contributed by atoms with E-state index in [1.807, 2.05) is 73.3 Å². The summed E-state index contributed by atoms with van der Waals surface area (Å²) in [7, 11) is -1.59. The molecule has 8 nitrogen and oxygen atoms in total. The number of hydrogen-bond donors (Lipinski definition) is 1. The highest BCUT2D eigenvalue weighted by atomic mass is 32.2. The standard InChI is InChI=1S/C27H27BN6O2S/c28-23-18-31-34-26(30-17-19-5-4-12-29-16-19)15-24(32-27(23)34)21-10-13-33(14-11-21)37(35,36)25-9-3-7-20-6-1-2-8-22(20)25/h1-9,12,15-16,18,21,30H,10-11,13-14,17,28H2. The Hall–Kier alpha value is -3.76. The van der Waals surface area contributed by atoms with Gasteiger partial charge < -0.3 is 5.32 Å². The largest absolute Gasteiger partial charge is 0.366 e. The van der Waals surface area contributed by atoms with E-state index in [-0.39, 0.29) is 5.92 Å². The maximum Gasteiger partial charge on any atom is 0.243 e. The normalized spacial score (nSPS) is 15.4. The summed E-state index contributed by atoms with van der Waals surface area (Å²) in [6.45, 7) is 1.53. The van der Waals surface area contributed by atoms with Crippen molar-refractivity contribution in [3.8, 4) is 0 Å². The van der Waals surface area contributed by atoms with Crippen molar-refractivity contribution < 1.29 is 8.42 Å². The van der Waals surface area contributed by atoms with Crippen molar-refractivity contribution in [2.45, 2.75) is 30.2 Å². The lowest BCUT2D eigenvalue weighted by atomic mass is 9.94. The second-order valence-corrected chi connectivity index (χ2v) is 11.4. The van der Waals surface area contributed by atoms with E-state index in [0.717, 1.165) is 39.0 Å². The lowest BCUT2D eigenvalue weighted by Crippen LogP contribution is -2.38. The molecule has 2 aromatic carbocycles. The first-order valence-electron chi connectivity index (χ1n) is 12.5. The number of anilines is 1. The number of nitrogens with one attached hydrogen (secondary N) is 1. The number of pyridine rings is 1. The second-order valence-electron chi connectivity index (χ2n) is 9.50. The van der Waals surface area contributed by atoms with E-state index < -0.39 is 10.0 Å². The smallest absolute Gasteiger partial charge is 0.243 e. The van der Waals surface area contributed by atoms with Crippen LogP contribution in [0.25, 0.3) is 16.4 Å². The highest BCUT2D eigenvalue weighted by molar-refractivity contribution is 7.89. The second kappa shape index (κ2) is 9.61. The molecule has 0 atom stereocenters. The topological polar surface area (TPSA) is 92.5 Å². The Bertz CT molecular complexity index is 1680. The molecular weight excluding hydrogens is 483 g/mol. The minimum absolute atomic E-state index is 0.164. The monoisotopic (exact) mass is 510 g/mol. The Morgan fingerprint density at radius 2 is 1.81 bits per heavy atom. The van der Waals surface area contributed by atoms with Gasteiger partial charge in [0, 0.05) is 61.3 Å². The molecule has 5 aromatic rings. The number of benzene rings is 2. The molecule has 0 amide bonds. The molecule has 1 saturated heterocycles. The molecule has 10 heteroatoms. The lowest BCUT2D eigenvalue weighted by molar-refractivity contribution is 0.317. The maximum absolute atomic E-state index is 13.6. The highest BCUT2D eigenvalue weighted by Crippen LogP contribution is 2.33. The van der Waals surface area contributed by atoms with Gasteiger partial charge in [0.25, 0.3) is 0 Å². The maximum atomic E-state index is 13.6. The van der Waals surface area contributed by atoms with E-state index >= 15 is 0 Å². The predicted molar refractivity (Wildman–Crippen MR) is 147 cm³/mol. The van der Waals surface area contributed by atoms with E-state index in [9.17, 15) is 8.42 Å². The quantitative estimate of drug-likeness (QED) is 0.353. The molecule has 1 aliphatic rings. The fourth-order valence-electron chi connectivity index (χ4n) is 5.07. The Morgan fingerprint density at radius 3 is 2.62 bits per heavy atom. The Kier molecular flexibility index (Phi) is 6.14. The summed E-state index contributed by atoms with van der Waals surface area (Å²) in [5, 5.41) is 9.68. The summed E-state index contributed by atoms with van der Waals surface area (Å²) in [5.41, 5.74) is 3.86. The predicted octanol–water partition coefficient (Wildman–Crippen LogP) is 2.72. The molecule has 4 heterocycles. The van der Waals surface area contributed by atoms with Gasteiger partial charge in [0.15, 0.2) is 5.65 Å². The summed E-state index contributed by atoms with van der Waals surface area (Å²) < 4.78 is 30.6. The molecule has 186 valence electrons. The van der Waals surface area contributed by atoms with E-state index in [4.69, 9.17) is 4.98 Å². The van der Waals surface area contributed by atoms with E-state index in [1.54, 1.807) is 16.6 Å². The Morgan fingerprint density at radius 1 is 1.00 bits per heavy atom. The zero-order valence-corrected chi connectivity index (χ0v) is 21.4. The first-order valence-corrected chi connectivity index (χ1v) is 13.9. The van der Waals surface area contributed by atoms with Crippen LogP contribution < -0.4 is 10.8 Å². The van der Waals surface area contributed by atoms with Crippen LogP contribution in [0, 0.1) is 0 Å². The third-order valence-corrected chi connectivity index (χ3v) is 9.06. The van der Waals surface area contributed by atoms with Crippen LogP contribution in [0.3, 0.4) is 0 Å². The number of hydrogen-bond acceptors (Lipinski definition) is 6. The van der Waals surface area contributed by atoms with Crippen molar-refractivity contribution in [2.24, 2.45) is 0 Å². The van der Waals surface area contributed by atoms with Crippen molar-refractivity contribution >= 4 is 45.6 Å². The molecule has 1 fully saturated rings. The summed E-state index contributed by atoms with van der Waals surface area (Å²) in [5.74, 6) is 1.03. The van der Waals surface area contributed by atoms with Crippen molar-refractivity contribution in [1.82, 2.24) is 23.9 Å². The van der Waals surface area contributed by atoms with Gasteiger partial charge in [0.1, 0.15) is 13.7 Å². The summed E-state index contributed by atoms with van der Waals surface area (Å²) in [4.78, 5) is 9.51. The van der Waals surface area contributed by atoms with Gasteiger partial charge in [-0.3, -0.25) is 4.98 Å². The van der Waals surface area contributed by atoms with Crippen LogP contribution in [0.1, 0.15) is 30.0 Å². The van der Waals surface area contributed by atoms with Gasteiger partial charge >= 0.3 is 0 Å². The molecule has 1 aliphatic heterocycles. The summed E-state index contributed by atoms with van der Waals surface area (Å²) in [6, 6.07) is 19.1. The van der Waals surface area contributed by atoms with Gasteiger partial charge in [-0.05, 0) is 41.4 Å². The van der Waals surface area contributed by atoms with Crippen LogP contribution in [0.4, 0.5) is 5.82 Å². The molecule has 0 bridgehead atoms. The van der Waals surface area contributed by atoms with E-state index in [1.165, 1.54) is 0 Å². The van der Waals surface area contributed by atoms with Crippen molar-refractivity contribution in [2.75, 3.05) is 18.4 Å². The van der Waals surface area contributed by atoms with Crippen LogP contribution in [0.15, 0.2) is 84.1 Å². The van der Waals surface area contributed by atoms with Crippen LogP contribution in [0.5, 0.6) is 0 Å². The third kappa shape index (κ3) is 4.47. The lowest BCUT2D eigenvalue weighted by Gasteiger charge is -2.31. The van der Waals surface area contributed by atoms with Crippen molar-refractivity contribution in [1.29, 1.82) is 0 Å². The molecule has 3 aromatic heterocycles. The van der Waals surface area contributed by atoms with Gasteiger partial charge in [0.05, 0.1) is 4.90 Å². The fraction of sp³-hybridized carbons (Fsp3) is 0.222. The van der Waals surface area contributed by atoms with Crippen LogP contribution in [-0.4, -0.2) is 53.2 Å². The van der Waals surface area contributed by atoms with Crippen LogP contribution in [0.2, 0.25) is 0 Å². The average molecular weight is 510 g/mol. The van der Waals surface area contributed by atoms with E-state index in [0.29, 0.717) is 37.4 Å². The highest BCUT2D eigenvalue weighted by Gasteiger charge is 2.32. The molecule has 0 saturated carbocycles. The Balaban J connectivity index is 1.24. The molecule has 6 rings (SSSR count). The van der Waals surface area contributed by atoms with Crippen molar-refractivity contribution in [3.05, 3.63) is 90.5 Å². The molecule has 1 N–H and O–H groups in total. The van der Waals surface area contributed by atoms with Crippen LogP contribution in [-0.2, 0) is 16.6 Å². The number of nitrogens with zero attached hydrogens (tertiary/aromatic N) is 5. The van der Waals surface area contributed by atoms with E-state index in [2.05, 4.69) is 21.5 Å². The third-order valence-electron chi connectivity index (χ3n) is 7.10. The number of fused-ring (bicyclic) bond motifs is 2. The molecule has 0 radical (unpaired) electrons. The molecular formula is C27H27BN6O2S. The van der Waals surface area contributed by atoms with Gasteiger partial charge in [-0.15, -0.1) is 0 Å². The zero-order valence-electron chi connectivity index (χ0n) is 20.6. The fourth-order valence-corrected chi connectivity index (χ4v) is 6.76. The summed E-state index contributed by atoms with van der Waals surface area (Å²) in [6.07, 6.45) is 6.84. The Labute approximate surface area is 216 Å². The average Bonchev–Trinajstić information content (AvgIpc) is 3.32.